The molecule has 0 amide bonds. The molecule has 0 fully saturated rings. The number of carbonyl (C=O) groups excluding carboxylic acids is 1. The Bertz CT molecular complexity index is 825. The van der Waals surface area contributed by atoms with Crippen molar-refractivity contribution in [3.8, 4) is 0 Å². The Morgan fingerprint density at radius 2 is 2.00 bits per heavy atom. The van der Waals surface area contributed by atoms with E-state index in [0.29, 0.717) is 11.5 Å². The zero-order chi connectivity index (χ0) is 17.5. The first-order chi connectivity index (χ1) is 11.6. The first-order valence-corrected chi connectivity index (χ1v) is 7.72. The van der Waals surface area contributed by atoms with Gasteiger partial charge in [-0.05, 0) is 38.5 Å². The average Bonchev–Trinajstić information content (AvgIpc) is 2.94. The van der Waals surface area contributed by atoms with E-state index in [9.17, 15) is 4.79 Å². The zero-order valence-electron chi connectivity index (χ0n) is 14.4. The maximum Gasteiger partial charge on any atom is 0.232 e. The summed E-state index contributed by atoms with van der Waals surface area (Å²) in [5, 5.41) is 11.4. The van der Waals surface area contributed by atoms with Crippen molar-refractivity contribution in [1.29, 1.82) is 0 Å². The topological polar surface area (TPSA) is 68.5 Å². The smallest absolute Gasteiger partial charge is 0.232 e. The van der Waals surface area contributed by atoms with Crippen molar-refractivity contribution in [3.05, 3.63) is 53.3 Å². The van der Waals surface area contributed by atoms with E-state index in [-0.39, 0.29) is 0 Å². The van der Waals surface area contributed by atoms with E-state index in [1.807, 2.05) is 49.4 Å². The third-order valence-electron chi connectivity index (χ3n) is 3.68. The summed E-state index contributed by atoms with van der Waals surface area (Å²) in [5.74, 6) is 0.599. The van der Waals surface area contributed by atoms with Crippen molar-refractivity contribution < 1.29 is 9.53 Å². The van der Waals surface area contributed by atoms with E-state index < -0.39 is 0 Å². The quantitative estimate of drug-likeness (QED) is 0.743. The van der Waals surface area contributed by atoms with Crippen LogP contribution in [0.25, 0.3) is 5.52 Å². The predicted octanol–water partition coefficient (Wildman–Crippen LogP) is 3.55. The number of hydrogen-bond donors (Lipinski definition) is 1. The number of aryl methyl sites for hydroxylation is 2. The number of nitrogens with one attached hydrogen (secondary N) is 1. The minimum absolute atomic E-state index is 0.599. The monoisotopic (exact) mass is 326 g/mol. The normalized spacial score (nSPS) is 10.2. The van der Waals surface area contributed by atoms with Gasteiger partial charge in [-0.3, -0.25) is 9.20 Å². The van der Waals surface area contributed by atoms with Crippen LogP contribution >= 0.6 is 0 Å². The summed E-state index contributed by atoms with van der Waals surface area (Å²) >= 11 is 0. The maximum absolute atomic E-state index is 11.0. The van der Waals surface area contributed by atoms with E-state index in [1.165, 1.54) is 0 Å². The second-order valence-corrected chi connectivity index (χ2v) is 5.25. The Balaban J connectivity index is 0.000000471. The highest BCUT2D eigenvalue weighted by atomic mass is 16.5. The first kappa shape index (κ1) is 17.6. The van der Waals surface area contributed by atoms with Gasteiger partial charge >= 0.3 is 0 Å². The Morgan fingerprint density at radius 1 is 1.29 bits per heavy atom. The SMILES string of the molecule is CCOC.Cc1ccccc1Nc1nncc2cc(C=O)c(C)n12. The van der Waals surface area contributed by atoms with Crippen molar-refractivity contribution in [3.63, 3.8) is 0 Å². The lowest BCUT2D eigenvalue weighted by Crippen LogP contribution is -2.05. The lowest BCUT2D eigenvalue weighted by Gasteiger charge is -2.10. The highest BCUT2D eigenvalue weighted by Crippen LogP contribution is 2.22. The maximum atomic E-state index is 11.0. The lowest BCUT2D eigenvalue weighted by molar-refractivity contribution is 0.112. The molecule has 126 valence electrons. The van der Waals surface area contributed by atoms with Crippen LogP contribution in [0.2, 0.25) is 0 Å². The molecule has 0 bridgehead atoms. The van der Waals surface area contributed by atoms with Gasteiger partial charge in [-0.1, -0.05) is 18.2 Å². The number of carbonyl (C=O) groups is 1. The van der Waals surface area contributed by atoms with Crippen molar-refractivity contribution in [2.75, 3.05) is 19.0 Å². The largest absolute Gasteiger partial charge is 0.385 e. The zero-order valence-corrected chi connectivity index (χ0v) is 14.4. The van der Waals surface area contributed by atoms with Gasteiger partial charge in [-0.15, -0.1) is 5.10 Å². The number of nitrogens with zero attached hydrogens (tertiary/aromatic N) is 3. The second kappa shape index (κ2) is 8.21. The molecule has 0 saturated heterocycles. The van der Waals surface area contributed by atoms with Crippen LogP contribution in [0.15, 0.2) is 36.5 Å². The number of methoxy groups -OCH3 is 1. The van der Waals surface area contributed by atoms with Gasteiger partial charge in [0.1, 0.15) is 0 Å². The third kappa shape index (κ3) is 3.78. The van der Waals surface area contributed by atoms with Gasteiger partial charge in [0.25, 0.3) is 0 Å². The molecular weight excluding hydrogens is 304 g/mol. The lowest BCUT2D eigenvalue weighted by atomic mass is 10.2. The molecule has 1 aromatic carbocycles. The van der Waals surface area contributed by atoms with Crippen molar-refractivity contribution in [1.82, 2.24) is 14.6 Å². The highest BCUT2D eigenvalue weighted by molar-refractivity contribution is 5.81. The molecule has 6 nitrogen and oxygen atoms in total. The molecule has 1 N–H and O–H groups in total. The summed E-state index contributed by atoms with van der Waals surface area (Å²) in [6.45, 7) is 6.69. The van der Waals surface area contributed by atoms with Crippen LogP contribution in [0.4, 0.5) is 11.6 Å². The summed E-state index contributed by atoms with van der Waals surface area (Å²) in [6, 6.07) is 9.76. The first-order valence-electron chi connectivity index (χ1n) is 7.72. The van der Waals surface area contributed by atoms with Crippen LogP contribution in [0.5, 0.6) is 0 Å². The van der Waals surface area contributed by atoms with Gasteiger partial charge in [0.15, 0.2) is 6.29 Å². The van der Waals surface area contributed by atoms with Gasteiger partial charge < -0.3 is 10.1 Å². The van der Waals surface area contributed by atoms with Crippen LogP contribution in [0.1, 0.15) is 28.5 Å². The van der Waals surface area contributed by atoms with Gasteiger partial charge in [0.05, 0.1) is 11.7 Å². The van der Waals surface area contributed by atoms with E-state index in [0.717, 1.165) is 35.4 Å². The van der Waals surface area contributed by atoms with E-state index in [2.05, 4.69) is 20.3 Å². The molecule has 6 heteroatoms. The van der Waals surface area contributed by atoms with E-state index >= 15 is 0 Å². The fraction of sp³-hybridized carbons (Fsp3) is 0.278. The van der Waals surface area contributed by atoms with Crippen molar-refractivity contribution in [2.45, 2.75) is 20.8 Å². The van der Waals surface area contributed by atoms with Gasteiger partial charge in [-0.25, -0.2) is 0 Å². The highest BCUT2D eigenvalue weighted by Gasteiger charge is 2.11. The molecule has 0 aliphatic rings. The molecule has 24 heavy (non-hydrogen) atoms. The van der Waals surface area contributed by atoms with Gasteiger partial charge in [-0.2, -0.15) is 5.10 Å². The van der Waals surface area contributed by atoms with Crippen LogP contribution in [0.3, 0.4) is 0 Å². The summed E-state index contributed by atoms with van der Waals surface area (Å²) < 4.78 is 6.43. The molecular formula is C18H22N4O2. The molecule has 2 aromatic heterocycles. The number of rotatable bonds is 4. The number of anilines is 2. The van der Waals surface area contributed by atoms with Crippen LogP contribution < -0.4 is 5.32 Å². The summed E-state index contributed by atoms with van der Waals surface area (Å²) in [5.41, 5.74) is 4.42. The van der Waals surface area contributed by atoms with E-state index in [4.69, 9.17) is 0 Å². The molecule has 0 aliphatic heterocycles. The predicted molar refractivity (Wildman–Crippen MR) is 95.1 cm³/mol. The second-order valence-electron chi connectivity index (χ2n) is 5.25. The summed E-state index contributed by atoms with van der Waals surface area (Å²) in [6.07, 6.45) is 2.49. The fourth-order valence-electron chi connectivity index (χ4n) is 2.25. The van der Waals surface area contributed by atoms with Crippen LogP contribution in [0, 0.1) is 13.8 Å². The molecule has 0 spiro atoms. The number of ether oxygens (including phenoxy) is 1. The molecule has 0 atom stereocenters. The minimum atomic E-state index is 0.599. The number of benzene rings is 1. The van der Waals surface area contributed by atoms with Crippen molar-refractivity contribution >= 4 is 23.4 Å². The molecule has 0 saturated carbocycles. The van der Waals surface area contributed by atoms with Crippen LogP contribution in [-0.2, 0) is 4.74 Å². The Morgan fingerprint density at radius 3 is 2.62 bits per heavy atom. The Kier molecular flexibility index (Phi) is 6.03. The standard InChI is InChI=1S/C15H14N4O.C3H8O/c1-10-5-3-4-6-14(10)17-15-18-16-8-13-7-12(9-20)11(2)19(13)15;1-3-4-2/h3-9H,1-2H3,(H,17,18);3H2,1-2H3. The minimum Gasteiger partial charge on any atom is -0.385 e. The molecule has 0 radical (unpaired) electrons. The molecule has 0 unspecified atom stereocenters. The van der Waals surface area contributed by atoms with E-state index in [1.54, 1.807) is 19.4 Å². The summed E-state index contributed by atoms with van der Waals surface area (Å²) in [7, 11) is 1.68. The number of fused-ring (bicyclic) bond motifs is 1. The molecule has 0 aliphatic carbocycles. The molecule has 3 aromatic rings. The van der Waals surface area contributed by atoms with Gasteiger partial charge in [0.2, 0.25) is 5.95 Å². The van der Waals surface area contributed by atoms with Crippen molar-refractivity contribution in [2.24, 2.45) is 0 Å². The fourth-order valence-corrected chi connectivity index (χ4v) is 2.25. The molecule has 3 rings (SSSR count). The Hall–Kier alpha value is -2.73. The third-order valence-corrected chi connectivity index (χ3v) is 3.68. The summed E-state index contributed by atoms with van der Waals surface area (Å²) in [4.78, 5) is 11.0. The van der Waals surface area contributed by atoms with Gasteiger partial charge in [0, 0.05) is 30.7 Å². The number of aromatic nitrogens is 3. The molecule has 2 heterocycles. The van der Waals surface area contributed by atoms with Crippen LogP contribution in [-0.4, -0.2) is 34.6 Å². The number of aldehydes is 1. The number of para-hydroxylation sites is 1. The number of hydrogen-bond acceptors (Lipinski definition) is 5. The Labute approximate surface area is 141 Å². The average molecular weight is 326 g/mol.